The fourth-order valence-electron chi connectivity index (χ4n) is 1.67. The van der Waals surface area contributed by atoms with Crippen molar-refractivity contribution in [2.24, 2.45) is 0 Å². The van der Waals surface area contributed by atoms with Crippen LogP contribution in [0, 0.1) is 0 Å². The van der Waals surface area contributed by atoms with Crippen LogP contribution >= 0.6 is 11.6 Å². The van der Waals surface area contributed by atoms with Crippen molar-refractivity contribution < 1.29 is 0 Å². The highest BCUT2D eigenvalue weighted by molar-refractivity contribution is 6.32. The van der Waals surface area contributed by atoms with Crippen molar-refractivity contribution in [3.8, 4) is 0 Å². The van der Waals surface area contributed by atoms with Gasteiger partial charge in [-0.2, -0.15) is 0 Å². The Hall–Kier alpha value is -0.870. The molecule has 1 N–H and O–H groups in total. The van der Waals surface area contributed by atoms with E-state index in [-0.39, 0.29) is 0 Å². The van der Waals surface area contributed by atoms with Gasteiger partial charge in [0.05, 0.1) is 6.20 Å². The smallest absolute Gasteiger partial charge is 0.148 e. The number of nitrogens with zero attached hydrogens (tertiary/aromatic N) is 3. The van der Waals surface area contributed by atoms with Gasteiger partial charge in [-0.05, 0) is 20.0 Å². The standard InChI is InChI=1S/C9H13ClN4/c1-14-3-2-7(5-14)13-9-8(10)4-11-6-12-9/h4,6-7H,2-3,5H2,1H3,(H,11,12,13). The SMILES string of the molecule is CN1CCC(Nc2ncncc2Cl)C1. The first-order chi connectivity index (χ1) is 6.75. The number of likely N-dealkylation sites (N-methyl/N-ethyl adjacent to an activating group) is 1. The number of anilines is 1. The average molecular weight is 213 g/mol. The largest absolute Gasteiger partial charge is 0.365 e. The molecule has 1 aromatic rings. The third kappa shape index (κ3) is 2.13. The Labute approximate surface area is 88.3 Å². The third-order valence-corrected chi connectivity index (χ3v) is 2.68. The second-order valence-corrected chi connectivity index (χ2v) is 4.02. The number of nitrogens with one attached hydrogen (secondary N) is 1. The maximum absolute atomic E-state index is 5.94. The van der Waals surface area contributed by atoms with Crippen LogP contribution in [0.3, 0.4) is 0 Å². The molecule has 0 bridgehead atoms. The molecule has 0 aromatic carbocycles. The number of aromatic nitrogens is 2. The van der Waals surface area contributed by atoms with Crippen LogP contribution in [0.5, 0.6) is 0 Å². The molecule has 14 heavy (non-hydrogen) atoms. The second kappa shape index (κ2) is 4.11. The van der Waals surface area contributed by atoms with E-state index in [9.17, 15) is 0 Å². The summed E-state index contributed by atoms with van der Waals surface area (Å²) in [6.07, 6.45) is 4.25. The van der Waals surface area contributed by atoms with Crippen molar-refractivity contribution in [3.05, 3.63) is 17.5 Å². The summed E-state index contributed by atoms with van der Waals surface area (Å²) < 4.78 is 0. The Morgan fingerprint density at radius 2 is 2.50 bits per heavy atom. The normalized spacial score (nSPS) is 22.6. The Bertz CT molecular complexity index is 317. The van der Waals surface area contributed by atoms with Crippen LogP contribution in [0.15, 0.2) is 12.5 Å². The summed E-state index contributed by atoms with van der Waals surface area (Å²) in [5.41, 5.74) is 0. The number of hydrogen-bond donors (Lipinski definition) is 1. The van der Waals surface area contributed by atoms with E-state index in [1.165, 1.54) is 6.33 Å². The molecule has 0 spiro atoms. The summed E-state index contributed by atoms with van der Waals surface area (Å²) in [5, 5.41) is 3.90. The first-order valence-corrected chi connectivity index (χ1v) is 5.04. The van der Waals surface area contributed by atoms with Crippen molar-refractivity contribution in [2.75, 3.05) is 25.5 Å². The minimum absolute atomic E-state index is 0.451. The molecule has 2 rings (SSSR count). The summed E-state index contributed by atoms with van der Waals surface area (Å²) in [5.74, 6) is 0.738. The van der Waals surface area contributed by atoms with Crippen molar-refractivity contribution >= 4 is 17.4 Å². The molecule has 1 fully saturated rings. The molecule has 1 aromatic heterocycles. The van der Waals surface area contributed by atoms with Gasteiger partial charge < -0.3 is 10.2 Å². The van der Waals surface area contributed by atoms with Crippen molar-refractivity contribution in [3.63, 3.8) is 0 Å². The lowest BCUT2D eigenvalue weighted by Gasteiger charge is -2.13. The average Bonchev–Trinajstić information content (AvgIpc) is 2.56. The molecule has 0 saturated carbocycles. The van der Waals surface area contributed by atoms with E-state index in [0.29, 0.717) is 11.1 Å². The monoisotopic (exact) mass is 212 g/mol. The first-order valence-electron chi connectivity index (χ1n) is 4.66. The lowest BCUT2D eigenvalue weighted by molar-refractivity contribution is 0.414. The lowest BCUT2D eigenvalue weighted by Crippen LogP contribution is -2.24. The van der Waals surface area contributed by atoms with E-state index in [2.05, 4.69) is 27.2 Å². The maximum Gasteiger partial charge on any atom is 0.148 e. The zero-order valence-corrected chi connectivity index (χ0v) is 8.83. The van der Waals surface area contributed by atoms with Crippen molar-refractivity contribution in [1.29, 1.82) is 0 Å². The molecule has 1 saturated heterocycles. The van der Waals surface area contributed by atoms with E-state index in [1.54, 1.807) is 6.20 Å². The second-order valence-electron chi connectivity index (χ2n) is 3.61. The summed E-state index contributed by atoms with van der Waals surface area (Å²) >= 11 is 5.94. The number of likely N-dealkylation sites (tertiary alicyclic amines) is 1. The van der Waals surface area contributed by atoms with Crippen LogP contribution in [0.25, 0.3) is 0 Å². The molecule has 1 aliphatic rings. The molecule has 4 nitrogen and oxygen atoms in total. The Morgan fingerprint density at radius 3 is 3.14 bits per heavy atom. The van der Waals surface area contributed by atoms with Gasteiger partial charge in [-0.1, -0.05) is 11.6 Å². The van der Waals surface area contributed by atoms with Gasteiger partial charge >= 0.3 is 0 Å². The number of hydrogen-bond acceptors (Lipinski definition) is 4. The van der Waals surface area contributed by atoms with Gasteiger partial charge in [-0.3, -0.25) is 0 Å². The quantitative estimate of drug-likeness (QED) is 0.801. The predicted octanol–water partition coefficient (Wildman–Crippen LogP) is 1.25. The van der Waals surface area contributed by atoms with Crippen LogP contribution in [0.4, 0.5) is 5.82 Å². The Morgan fingerprint density at radius 1 is 1.64 bits per heavy atom. The summed E-state index contributed by atoms with van der Waals surface area (Å²) in [4.78, 5) is 10.2. The van der Waals surface area contributed by atoms with Gasteiger partial charge in [0.1, 0.15) is 17.2 Å². The van der Waals surface area contributed by atoms with E-state index in [4.69, 9.17) is 11.6 Å². The van der Waals surface area contributed by atoms with Gasteiger partial charge in [0.2, 0.25) is 0 Å². The van der Waals surface area contributed by atoms with E-state index >= 15 is 0 Å². The Kier molecular flexibility index (Phi) is 2.84. The van der Waals surface area contributed by atoms with Gasteiger partial charge in [0, 0.05) is 12.6 Å². The molecule has 1 atom stereocenters. The number of rotatable bonds is 2. The molecule has 1 aliphatic heterocycles. The molecule has 1 unspecified atom stereocenters. The van der Waals surface area contributed by atoms with Gasteiger partial charge in [0.15, 0.2) is 0 Å². The molecular formula is C9H13ClN4. The Balaban J connectivity index is 2.01. The van der Waals surface area contributed by atoms with Crippen molar-refractivity contribution in [2.45, 2.75) is 12.5 Å². The summed E-state index contributed by atoms with van der Waals surface area (Å²) in [7, 11) is 2.11. The van der Waals surface area contributed by atoms with E-state index in [0.717, 1.165) is 25.3 Å². The van der Waals surface area contributed by atoms with E-state index in [1.807, 2.05) is 0 Å². The minimum atomic E-state index is 0.451. The van der Waals surface area contributed by atoms with Crippen LogP contribution in [-0.4, -0.2) is 41.0 Å². The lowest BCUT2D eigenvalue weighted by atomic mass is 10.2. The highest BCUT2D eigenvalue weighted by atomic mass is 35.5. The minimum Gasteiger partial charge on any atom is -0.365 e. The molecule has 2 heterocycles. The molecule has 0 amide bonds. The molecule has 0 aliphatic carbocycles. The first kappa shape index (κ1) is 9.68. The molecule has 5 heteroatoms. The van der Waals surface area contributed by atoms with Gasteiger partial charge in [0.25, 0.3) is 0 Å². The summed E-state index contributed by atoms with van der Waals surface area (Å²) in [6.45, 7) is 2.17. The van der Waals surface area contributed by atoms with Crippen LogP contribution < -0.4 is 5.32 Å². The zero-order valence-electron chi connectivity index (χ0n) is 8.07. The predicted molar refractivity (Wildman–Crippen MR) is 56.6 cm³/mol. The highest BCUT2D eigenvalue weighted by Crippen LogP contribution is 2.19. The van der Waals surface area contributed by atoms with Crippen LogP contribution in [0.1, 0.15) is 6.42 Å². The van der Waals surface area contributed by atoms with Gasteiger partial charge in [-0.15, -0.1) is 0 Å². The van der Waals surface area contributed by atoms with Crippen LogP contribution in [0.2, 0.25) is 5.02 Å². The van der Waals surface area contributed by atoms with Gasteiger partial charge in [-0.25, -0.2) is 9.97 Å². The fraction of sp³-hybridized carbons (Fsp3) is 0.556. The third-order valence-electron chi connectivity index (χ3n) is 2.40. The molecule has 76 valence electrons. The van der Waals surface area contributed by atoms with E-state index < -0.39 is 0 Å². The topological polar surface area (TPSA) is 41.0 Å². The van der Waals surface area contributed by atoms with Crippen molar-refractivity contribution in [1.82, 2.24) is 14.9 Å². The zero-order chi connectivity index (χ0) is 9.97. The van der Waals surface area contributed by atoms with Crippen LogP contribution in [-0.2, 0) is 0 Å². The fourth-order valence-corrected chi connectivity index (χ4v) is 1.82. The summed E-state index contributed by atoms with van der Waals surface area (Å²) in [6, 6.07) is 0.451. The highest BCUT2D eigenvalue weighted by Gasteiger charge is 2.19. The molecular weight excluding hydrogens is 200 g/mol. The molecule has 0 radical (unpaired) electrons. The number of halogens is 1. The maximum atomic E-state index is 5.94.